The normalized spacial score (nSPS) is 22.4. The molecule has 2 unspecified atom stereocenters. The number of anilines is 1. The smallest absolute Gasteiger partial charge is 0.255 e. The maximum atomic E-state index is 13.0. The second-order valence-corrected chi connectivity index (χ2v) is 8.59. The molecule has 2 aliphatic heterocycles. The van der Waals surface area contributed by atoms with Crippen molar-refractivity contribution in [1.29, 1.82) is 0 Å². The lowest BCUT2D eigenvalue weighted by Gasteiger charge is -2.29. The number of piperidine rings is 1. The van der Waals surface area contributed by atoms with Crippen molar-refractivity contribution in [3.05, 3.63) is 52.3 Å². The summed E-state index contributed by atoms with van der Waals surface area (Å²) in [6, 6.07) is 5.48. The van der Waals surface area contributed by atoms with Gasteiger partial charge in [0.1, 0.15) is 6.04 Å². The zero-order valence-electron chi connectivity index (χ0n) is 18.0. The second kappa shape index (κ2) is 8.31. The van der Waals surface area contributed by atoms with Crippen LogP contribution in [0.3, 0.4) is 0 Å². The Labute approximate surface area is 186 Å². The minimum absolute atomic E-state index is 0.166. The highest BCUT2D eigenvalue weighted by molar-refractivity contribution is 6.05. The number of benzene rings is 1. The number of rotatable bonds is 5. The van der Waals surface area contributed by atoms with Gasteiger partial charge in [-0.1, -0.05) is 12.1 Å². The third kappa shape index (κ3) is 3.73. The van der Waals surface area contributed by atoms with Gasteiger partial charge in [0, 0.05) is 43.0 Å². The molecular weight excluding hydrogens is 408 g/mol. The third-order valence-corrected chi connectivity index (χ3v) is 6.67. The lowest BCUT2D eigenvalue weighted by molar-refractivity contribution is -0.136. The van der Waals surface area contributed by atoms with E-state index >= 15 is 0 Å². The van der Waals surface area contributed by atoms with Gasteiger partial charge < -0.3 is 15.5 Å². The number of aryl methyl sites for hydroxylation is 1. The van der Waals surface area contributed by atoms with E-state index in [1.807, 2.05) is 25.4 Å². The molecule has 3 amide bonds. The van der Waals surface area contributed by atoms with E-state index in [2.05, 4.69) is 20.9 Å². The average molecular weight is 435 g/mol. The van der Waals surface area contributed by atoms with Gasteiger partial charge in [0.05, 0.1) is 0 Å². The molecule has 0 spiro atoms. The van der Waals surface area contributed by atoms with Gasteiger partial charge in [-0.15, -0.1) is 0 Å². The molecule has 1 fully saturated rings. The monoisotopic (exact) mass is 434 g/mol. The number of carbonyl (C=O) groups excluding carboxylic acids is 3. The van der Waals surface area contributed by atoms with Crippen molar-refractivity contribution in [3.63, 3.8) is 0 Å². The van der Waals surface area contributed by atoms with Crippen LogP contribution in [0.1, 0.15) is 52.0 Å². The molecule has 32 heavy (non-hydrogen) atoms. The summed E-state index contributed by atoms with van der Waals surface area (Å²) in [4.78, 5) is 47.5. The van der Waals surface area contributed by atoms with E-state index in [1.54, 1.807) is 11.0 Å². The summed E-state index contributed by atoms with van der Waals surface area (Å²) in [7, 11) is 1.98. The van der Waals surface area contributed by atoms with Crippen LogP contribution in [0.25, 0.3) is 0 Å². The molecule has 3 aliphatic rings. The largest absolute Gasteiger partial charge is 0.350 e. The molecule has 1 aromatic carbocycles. The van der Waals surface area contributed by atoms with E-state index in [9.17, 15) is 14.4 Å². The Kier molecular flexibility index (Phi) is 5.34. The first-order valence-electron chi connectivity index (χ1n) is 11.0. The molecule has 1 aliphatic carbocycles. The Hall–Kier alpha value is -3.33. The van der Waals surface area contributed by atoms with Gasteiger partial charge in [-0.3, -0.25) is 19.7 Å². The van der Waals surface area contributed by atoms with Crippen molar-refractivity contribution >= 4 is 23.7 Å². The number of nitrogens with one attached hydrogen (secondary N) is 3. The number of amides is 3. The van der Waals surface area contributed by atoms with Crippen molar-refractivity contribution in [1.82, 2.24) is 25.5 Å². The molecule has 2 aromatic rings. The lowest BCUT2D eigenvalue weighted by Crippen LogP contribution is -2.52. The van der Waals surface area contributed by atoms with E-state index in [0.29, 0.717) is 37.1 Å². The van der Waals surface area contributed by atoms with Gasteiger partial charge in [-0.05, 0) is 55.5 Å². The number of hydrogen-bond donors (Lipinski definition) is 3. The van der Waals surface area contributed by atoms with Gasteiger partial charge in [0.2, 0.25) is 17.8 Å². The van der Waals surface area contributed by atoms with Crippen LogP contribution in [0.2, 0.25) is 0 Å². The highest BCUT2D eigenvalue weighted by atomic mass is 16.2. The van der Waals surface area contributed by atoms with Crippen molar-refractivity contribution in [2.45, 2.75) is 57.3 Å². The fourth-order valence-electron chi connectivity index (χ4n) is 4.83. The van der Waals surface area contributed by atoms with Crippen LogP contribution in [-0.4, -0.2) is 51.7 Å². The van der Waals surface area contributed by atoms with Crippen molar-refractivity contribution in [2.24, 2.45) is 0 Å². The molecule has 0 radical (unpaired) electrons. The fourth-order valence-corrected chi connectivity index (χ4v) is 4.83. The molecule has 1 saturated heterocycles. The second-order valence-electron chi connectivity index (χ2n) is 8.59. The number of hydrogen-bond acceptors (Lipinski definition) is 7. The van der Waals surface area contributed by atoms with Crippen LogP contribution in [-0.2, 0) is 35.5 Å². The van der Waals surface area contributed by atoms with E-state index in [4.69, 9.17) is 4.98 Å². The zero-order valence-corrected chi connectivity index (χ0v) is 18.0. The maximum Gasteiger partial charge on any atom is 0.255 e. The summed E-state index contributed by atoms with van der Waals surface area (Å²) in [5.41, 5.74) is 4.77. The van der Waals surface area contributed by atoms with E-state index in [-0.39, 0.29) is 18.2 Å². The molecule has 9 heteroatoms. The quantitative estimate of drug-likeness (QED) is 0.600. The summed E-state index contributed by atoms with van der Waals surface area (Å²) < 4.78 is 0. The molecule has 0 saturated carbocycles. The van der Waals surface area contributed by atoms with Crippen LogP contribution in [0.4, 0.5) is 5.95 Å². The van der Waals surface area contributed by atoms with Crippen molar-refractivity contribution in [2.75, 3.05) is 12.4 Å². The van der Waals surface area contributed by atoms with Gasteiger partial charge >= 0.3 is 0 Å². The summed E-state index contributed by atoms with van der Waals surface area (Å²) >= 11 is 0. The molecule has 3 heterocycles. The van der Waals surface area contributed by atoms with Crippen LogP contribution < -0.4 is 16.0 Å². The summed E-state index contributed by atoms with van der Waals surface area (Å²) in [6.07, 6.45) is 5.43. The molecule has 2 atom stereocenters. The Bertz CT molecular complexity index is 1100. The standard InChI is InChI=1S/C23H26N6O3/c1-24-15-5-6-18-14(9-15)11-26-23(27-18)25-10-13-3-2-4-16-17(13)12-29(22(16)32)19-7-8-20(30)28-21(19)31/h2-4,11,15,19,24H,5-10,12H2,1H3,(H,25,26,27)(H,28,30,31). The first-order chi connectivity index (χ1) is 15.5. The number of fused-ring (bicyclic) bond motifs is 2. The minimum Gasteiger partial charge on any atom is -0.350 e. The third-order valence-electron chi connectivity index (χ3n) is 6.67. The highest BCUT2D eigenvalue weighted by Gasteiger charge is 2.39. The Balaban J connectivity index is 1.30. The zero-order chi connectivity index (χ0) is 22.2. The highest BCUT2D eigenvalue weighted by Crippen LogP contribution is 2.30. The van der Waals surface area contributed by atoms with Crippen LogP contribution >= 0.6 is 0 Å². The summed E-state index contributed by atoms with van der Waals surface area (Å²) in [6.45, 7) is 0.840. The lowest BCUT2D eigenvalue weighted by atomic mass is 9.93. The van der Waals surface area contributed by atoms with Crippen LogP contribution in [0.5, 0.6) is 0 Å². The molecule has 3 N–H and O–H groups in total. The molecule has 9 nitrogen and oxygen atoms in total. The van der Waals surface area contributed by atoms with E-state index in [1.165, 1.54) is 5.56 Å². The number of carbonyl (C=O) groups is 3. The average Bonchev–Trinajstić information content (AvgIpc) is 3.14. The predicted molar refractivity (Wildman–Crippen MR) is 117 cm³/mol. The molecule has 5 rings (SSSR count). The van der Waals surface area contributed by atoms with Crippen molar-refractivity contribution < 1.29 is 14.4 Å². The SMILES string of the molecule is CNC1CCc2nc(NCc3cccc4c3CN(C3CCC(=O)NC3=O)C4=O)ncc2C1. The first kappa shape index (κ1) is 20.6. The minimum atomic E-state index is -0.612. The summed E-state index contributed by atoms with van der Waals surface area (Å²) in [5, 5.41) is 8.96. The predicted octanol–water partition coefficient (Wildman–Crippen LogP) is 0.926. The molecular formula is C23H26N6O3. The van der Waals surface area contributed by atoms with Crippen LogP contribution in [0, 0.1) is 0 Å². The fraction of sp³-hybridized carbons (Fsp3) is 0.435. The van der Waals surface area contributed by atoms with E-state index in [0.717, 1.165) is 36.1 Å². The van der Waals surface area contributed by atoms with Gasteiger partial charge in [-0.25, -0.2) is 9.97 Å². The summed E-state index contributed by atoms with van der Waals surface area (Å²) in [5.74, 6) is -0.270. The topological polar surface area (TPSA) is 116 Å². The van der Waals surface area contributed by atoms with E-state index < -0.39 is 11.9 Å². The number of aromatic nitrogens is 2. The van der Waals surface area contributed by atoms with Gasteiger partial charge in [-0.2, -0.15) is 0 Å². The Morgan fingerprint density at radius 2 is 2.06 bits per heavy atom. The molecule has 0 bridgehead atoms. The van der Waals surface area contributed by atoms with Crippen LogP contribution in [0.15, 0.2) is 24.4 Å². The number of imide groups is 1. The Morgan fingerprint density at radius 3 is 2.88 bits per heavy atom. The molecule has 166 valence electrons. The number of nitrogens with zero attached hydrogens (tertiary/aromatic N) is 3. The van der Waals surface area contributed by atoms with Crippen molar-refractivity contribution in [3.8, 4) is 0 Å². The Morgan fingerprint density at radius 1 is 1.19 bits per heavy atom. The first-order valence-corrected chi connectivity index (χ1v) is 11.0. The molecule has 1 aromatic heterocycles. The maximum absolute atomic E-state index is 13.0. The van der Waals surface area contributed by atoms with Gasteiger partial charge in [0.15, 0.2) is 0 Å². The van der Waals surface area contributed by atoms with Gasteiger partial charge in [0.25, 0.3) is 5.91 Å². The number of likely N-dealkylation sites (N-methyl/N-ethyl adjacent to an activating group) is 1.